The number of carbonyl (C=O) groups excluding carboxylic acids is 1. The largest absolute Gasteiger partial charge is 0.370 e. The maximum Gasteiger partial charge on any atom is 0.257 e. The molecule has 1 N–H and O–H groups in total. The summed E-state index contributed by atoms with van der Waals surface area (Å²) in [7, 11) is 5.89. The summed E-state index contributed by atoms with van der Waals surface area (Å²) in [6.07, 6.45) is 2.65. The second kappa shape index (κ2) is 8.21. The van der Waals surface area contributed by atoms with Crippen molar-refractivity contribution >= 4 is 27.7 Å². The molecule has 1 aromatic heterocycles. The lowest BCUT2D eigenvalue weighted by Gasteiger charge is -2.20. The second-order valence-electron chi connectivity index (χ2n) is 4.96. The van der Waals surface area contributed by atoms with E-state index in [9.17, 15) is 4.79 Å². The smallest absolute Gasteiger partial charge is 0.257 e. The van der Waals surface area contributed by atoms with Crippen molar-refractivity contribution in [3.8, 4) is 0 Å². The number of nitrogens with one attached hydrogen (secondary N) is 1. The molecule has 5 nitrogen and oxygen atoms in total. The van der Waals surface area contributed by atoms with Crippen LogP contribution in [0.3, 0.4) is 0 Å². The Morgan fingerprint density at radius 3 is 2.65 bits per heavy atom. The molecule has 0 bridgehead atoms. The van der Waals surface area contributed by atoms with Crippen molar-refractivity contribution in [2.75, 3.05) is 46.1 Å². The van der Waals surface area contributed by atoms with Crippen LogP contribution in [-0.2, 0) is 0 Å². The summed E-state index contributed by atoms with van der Waals surface area (Å²) in [5, 5.41) is 3.13. The highest BCUT2D eigenvalue weighted by Gasteiger charge is 2.17. The number of anilines is 1. The average Bonchev–Trinajstić information content (AvgIpc) is 2.39. The number of nitrogens with zero attached hydrogens (tertiary/aromatic N) is 3. The van der Waals surface area contributed by atoms with Gasteiger partial charge in [0.05, 0.1) is 5.56 Å². The van der Waals surface area contributed by atoms with E-state index in [0.29, 0.717) is 11.4 Å². The standard InChI is InChI=1S/C14H23BrN4O/c1-5-16-13-12(9-11(15)10-17-13)14(20)19(4)8-6-7-18(2)3/h9-10H,5-8H2,1-4H3,(H,16,17). The normalized spacial score (nSPS) is 10.7. The van der Waals surface area contributed by atoms with Gasteiger partial charge in [0.25, 0.3) is 5.91 Å². The number of carbonyl (C=O) groups is 1. The third-order valence-corrected chi connectivity index (χ3v) is 3.31. The summed E-state index contributed by atoms with van der Waals surface area (Å²) < 4.78 is 0.809. The Labute approximate surface area is 129 Å². The van der Waals surface area contributed by atoms with E-state index in [1.54, 1.807) is 11.1 Å². The zero-order valence-electron chi connectivity index (χ0n) is 12.6. The van der Waals surface area contributed by atoms with Crippen LogP contribution in [0.15, 0.2) is 16.7 Å². The number of rotatable bonds is 7. The summed E-state index contributed by atoms with van der Waals surface area (Å²) in [5.41, 5.74) is 0.605. The van der Waals surface area contributed by atoms with E-state index in [1.807, 2.05) is 34.1 Å². The van der Waals surface area contributed by atoms with Crippen LogP contribution in [0.2, 0.25) is 0 Å². The first-order valence-electron chi connectivity index (χ1n) is 6.75. The van der Waals surface area contributed by atoms with Gasteiger partial charge in [-0.25, -0.2) is 4.98 Å². The van der Waals surface area contributed by atoms with E-state index < -0.39 is 0 Å². The number of hydrogen-bond acceptors (Lipinski definition) is 4. The molecule has 0 atom stereocenters. The average molecular weight is 343 g/mol. The van der Waals surface area contributed by atoms with Crippen LogP contribution in [0, 0.1) is 0 Å². The van der Waals surface area contributed by atoms with E-state index in [4.69, 9.17) is 0 Å². The van der Waals surface area contributed by atoms with E-state index in [0.717, 1.165) is 30.5 Å². The van der Waals surface area contributed by atoms with Crippen molar-refractivity contribution in [2.24, 2.45) is 0 Å². The Bertz CT molecular complexity index is 451. The monoisotopic (exact) mass is 342 g/mol. The molecule has 0 aliphatic heterocycles. The fraction of sp³-hybridized carbons (Fsp3) is 0.571. The van der Waals surface area contributed by atoms with Crippen molar-refractivity contribution < 1.29 is 4.79 Å². The van der Waals surface area contributed by atoms with Crippen LogP contribution < -0.4 is 5.32 Å². The lowest BCUT2D eigenvalue weighted by atomic mass is 10.2. The maximum atomic E-state index is 12.5. The zero-order valence-corrected chi connectivity index (χ0v) is 14.2. The molecule has 0 spiro atoms. The second-order valence-corrected chi connectivity index (χ2v) is 5.88. The lowest BCUT2D eigenvalue weighted by Crippen LogP contribution is -2.30. The molecule has 0 radical (unpaired) electrons. The molecule has 20 heavy (non-hydrogen) atoms. The number of aromatic nitrogens is 1. The van der Waals surface area contributed by atoms with Gasteiger partial charge in [0.1, 0.15) is 5.82 Å². The minimum atomic E-state index is -0.00601. The highest BCUT2D eigenvalue weighted by Crippen LogP contribution is 2.19. The van der Waals surface area contributed by atoms with Gasteiger partial charge < -0.3 is 15.1 Å². The minimum Gasteiger partial charge on any atom is -0.370 e. The highest BCUT2D eigenvalue weighted by atomic mass is 79.9. The van der Waals surface area contributed by atoms with Gasteiger partial charge in [-0.3, -0.25) is 4.79 Å². The van der Waals surface area contributed by atoms with Gasteiger partial charge in [-0.1, -0.05) is 0 Å². The van der Waals surface area contributed by atoms with Gasteiger partial charge in [0.2, 0.25) is 0 Å². The Morgan fingerprint density at radius 2 is 2.05 bits per heavy atom. The zero-order chi connectivity index (χ0) is 15.1. The van der Waals surface area contributed by atoms with Gasteiger partial charge in [-0.05, 0) is 56.0 Å². The van der Waals surface area contributed by atoms with Crippen molar-refractivity contribution in [3.63, 3.8) is 0 Å². The molecule has 1 aromatic rings. The molecular weight excluding hydrogens is 320 g/mol. The summed E-state index contributed by atoms with van der Waals surface area (Å²) in [5.74, 6) is 0.633. The number of halogens is 1. The van der Waals surface area contributed by atoms with Crippen molar-refractivity contribution in [1.82, 2.24) is 14.8 Å². The summed E-state index contributed by atoms with van der Waals surface area (Å²) >= 11 is 3.37. The highest BCUT2D eigenvalue weighted by molar-refractivity contribution is 9.10. The van der Waals surface area contributed by atoms with Crippen molar-refractivity contribution in [1.29, 1.82) is 0 Å². The van der Waals surface area contributed by atoms with Gasteiger partial charge in [0.15, 0.2) is 0 Å². The third-order valence-electron chi connectivity index (χ3n) is 2.87. The van der Waals surface area contributed by atoms with E-state index in [1.165, 1.54) is 0 Å². The fourth-order valence-corrected chi connectivity index (χ4v) is 2.17. The SMILES string of the molecule is CCNc1ncc(Br)cc1C(=O)N(C)CCCN(C)C. The Morgan fingerprint density at radius 1 is 1.35 bits per heavy atom. The molecule has 0 aromatic carbocycles. The van der Waals surface area contributed by atoms with E-state index in [2.05, 4.69) is 31.1 Å². The number of hydrogen-bond donors (Lipinski definition) is 1. The molecule has 0 aliphatic rings. The fourth-order valence-electron chi connectivity index (χ4n) is 1.84. The molecule has 0 saturated heterocycles. The van der Waals surface area contributed by atoms with Crippen LogP contribution in [0.1, 0.15) is 23.7 Å². The third kappa shape index (κ3) is 5.09. The molecule has 0 fully saturated rings. The molecule has 0 aliphatic carbocycles. The lowest BCUT2D eigenvalue weighted by molar-refractivity contribution is 0.0791. The maximum absolute atomic E-state index is 12.5. The molecular formula is C14H23BrN4O. The number of pyridine rings is 1. The summed E-state index contributed by atoms with van der Waals surface area (Å²) in [6, 6.07) is 1.82. The van der Waals surface area contributed by atoms with Gasteiger partial charge in [-0.15, -0.1) is 0 Å². The predicted octanol–water partition coefficient (Wildman–Crippen LogP) is 2.30. The molecule has 1 amide bonds. The number of amides is 1. The summed E-state index contributed by atoms with van der Waals surface area (Å²) in [6.45, 7) is 4.42. The summed E-state index contributed by atoms with van der Waals surface area (Å²) in [4.78, 5) is 20.6. The Kier molecular flexibility index (Phi) is 6.95. The van der Waals surface area contributed by atoms with E-state index in [-0.39, 0.29) is 5.91 Å². The van der Waals surface area contributed by atoms with Gasteiger partial charge in [0, 0.05) is 30.8 Å². The topological polar surface area (TPSA) is 48.5 Å². The first kappa shape index (κ1) is 16.9. The Balaban J connectivity index is 2.76. The molecule has 1 rings (SSSR count). The van der Waals surface area contributed by atoms with Crippen molar-refractivity contribution in [2.45, 2.75) is 13.3 Å². The van der Waals surface area contributed by atoms with Crippen LogP contribution in [0.5, 0.6) is 0 Å². The van der Waals surface area contributed by atoms with Crippen molar-refractivity contribution in [3.05, 3.63) is 22.3 Å². The van der Waals surface area contributed by atoms with Gasteiger partial charge >= 0.3 is 0 Å². The van der Waals surface area contributed by atoms with Crippen LogP contribution >= 0.6 is 15.9 Å². The molecule has 112 valence electrons. The molecule has 6 heteroatoms. The van der Waals surface area contributed by atoms with Gasteiger partial charge in [-0.2, -0.15) is 0 Å². The first-order chi connectivity index (χ1) is 9.45. The van der Waals surface area contributed by atoms with E-state index >= 15 is 0 Å². The molecule has 1 heterocycles. The minimum absolute atomic E-state index is 0.00601. The first-order valence-corrected chi connectivity index (χ1v) is 7.54. The van der Waals surface area contributed by atoms with Crippen LogP contribution in [-0.4, -0.2) is 61.5 Å². The Hall–Kier alpha value is -1.14. The molecule has 0 saturated carbocycles. The van der Waals surface area contributed by atoms with Crippen LogP contribution in [0.4, 0.5) is 5.82 Å². The van der Waals surface area contributed by atoms with Crippen LogP contribution in [0.25, 0.3) is 0 Å². The predicted molar refractivity (Wildman–Crippen MR) is 86.2 cm³/mol. The quantitative estimate of drug-likeness (QED) is 0.825. The molecule has 0 unspecified atom stereocenters.